The van der Waals surface area contributed by atoms with Crippen LogP contribution in [0.3, 0.4) is 0 Å². The molecule has 11 nitrogen and oxygen atoms in total. The van der Waals surface area contributed by atoms with Crippen LogP contribution in [0.15, 0.2) is 36.9 Å². The van der Waals surface area contributed by atoms with Crippen molar-refractivity contribution in [3.63, 3.8) is 0 Å². The van der Waals surface area contributed by atoms with Crippen molar-refractivity contribution in [2.45, 2.75) is 38.0 Å². The van der Waals surface area contributed by atoms with Gasteiger partial charge in [0.15, 0.2) is 17.7 Å². The van der Waals surface area contributed by atoms with E-state index in [9.17, 15) is 15.0 Å². The van der Waals surface area contributed by atoms with E-state index in [0.717, 1.165) is 11.3 Å². The van der Waals surface area contributed by atoms with Gasteiger partial charge in [-0.2, -0.15) is 0 Å². The highest BCUT2D eigenvalue weighted by molar-refractivity contribution is 5.88. The lowest BCUT2D eigenvalue weighted by Crippen LogP contribution is -2.37. The zero-order valence-corrected chi connectivity index (χ0v) is 16.3. The summed E-state index contributed by atoms with van der Waals surface area (Å²) in [6, 6.07) is 7.42. The topological polar surface area (TPSA) is 160 Å². The summed E-state index contributed by atoms with van der Waals surface area (Å²) in [7, 11) is 0. The van der Waals surface area contributed by atoms with Crippen LogP contribution in [0.4, 0.5) is 11.5 Å². The number of aromatic nitrogens is 4. The van der Waals surface area contributed by atoms with E-state index in [4.69, 9.17) is 10.5 Å². The number of aliphatic hydroxyl groups excluding tert-OH is 2. The van der Waals surface area contributed by atoms with Gasteiger partial charge in [-0.1, -0.05) is 12.1 Å². The molecule has 4 rings (SSSR count). The average molecular weight is 413 g/mol. The van der Waals surface area contributed by atoms with Crippen LogP contribution in [0.5, 0.6) is 0 Å². The van der Waals surface area contributed by atoms with Gasteiger partial charge in [-0.05, 0) is 17.7 Å². The molecule has 0 unspecified atom stereocenters. The van der Waals surface area contributed by atoms with Gasteiger partial charge in [-0.3, -0.25) is 9.36 Å². The maximum absolute atomic E-state index is 11.1. The standard InChI is InChI=1S/C19H23N7O4/c1-10(27)25-12-4-2-11(3-5-12)6-21-7-13-15(28)16(29)19(30-13)26-9-24-14-17(20)22-8-23-18(14)26/h2-5,8-9,13,15-16,19,21,28-29H,6-7H2,1H3,(H,25,27)(H2,20,22,23)/t13-,15-,16-,19-/m1/s1. The molecule has 3 heterocycles. The number of hydrogen-bond acceptors (Lipinski definition) is 9. The number of carbonyl (C=O) groups excluding carboxylic acids is 1. The van der Waals surface area contributed by atoms with E-state index in [0.29, 0.717) is 24.3 Å². The molecule has 6 N–H and O–H groups in total. The molecular weight excluding hydrogens is 390 g/mol. The molecule has 30 heavy (non-hydrogen) atoms. The Morgan fingerprint density at radius 2 is 1.97 bits per heavy atom. The van der Waals surface area contributed by atoms with E-state index < -0.39 is 24.5 Å². The number of nitrogens with zero attached hydrogens (tertiary/aromatic N) is 4. The number of benzene rings is 1. The molecule has 0 saturated carbocycles. The van der Waals surface area contributed by atoms with Crippen LogP contribution in [0.2, 0.25) is 0 Å². The molecule has 1 aromatic carbocycles. The Bertz CT molecular complexity index is 1040. The number of rotatable bonds is 6. The molecule has 1 aliphatic heterocycles. The Kier molecular flexibility index (Phi) is 5.59. The summed E-state index contributed by atoms with van der Waals surface area (Å²) in [6.07, 6.45) is -0.931. The third kappa shape index (κ3) is 3.96. The summed E-state index contributed by atoms with van der Waals surface area (Å²) in [4.78, 5) is 23.3. The predicted molar refractivity (Wildman–Crippen MR) is 108 cm³/mol. The van der Waals surface area contributed by atoms with Gasteiger partial charge >= 0.3 is 0 Å². The zero-order valence-electron chi connectivity index (χ0n) is 16.3. The smallest absolute Gasteiger partial charge is 0.221 e. The van der Waals surface area contributed by atoms with Crippen LogP contribution in [0.25, 0.3) is 11.2 Å². The minimum Gasteiger partial charge on any atom is -0.387 e. The quantitative estimate of drug-likeness (QED) is 0.368. The number of imidazole rings is 1. The van der Waals surface area contributed by atoms with Crippen LogP contribution in [-0.2, 0) is 16.1 Å². The number of nitrogens with two attached hydrogens (primary N) is 1. The number of ether oxygens (including phenoxy) is 1. The minimum absolute atomic E-state index is 0.124. The largest absolute Gasteiger partial charge is 0.387 e. The number of nitrogens with one attached hydrogen (secondary N) is 2. The number of fused-ring (bicyclic) bond motifs is 1. The van der Waals surface area contributed by atoms with Gasteiger partial charge < -0.3 is 31.3 Å². The molecule has 0 radical (unpaired) electrons. The first kappa shape index (κ1) is 20.2. The van der Waals surface area contributed by atoms with E-state index in [-0.39, 0.29) is 11.7 Å². The molecule has 11 heteroatoms. The maximum atomic E-state index is 11.1. The average Bonchev–Trinajstić information content (AvgIpc) is 3.26. The number of hydrogen-bond donors (Lipinski definition) is 5. The molecule has 3 aromatic rings. The Labute approximate surface area is 171 Å². The fraction of sp³-hybridized carbons (Fsp3) is 0.368. The molecule has 2 aromatic heterocycles. The predicted octanol–water partition coefficient (Wildman–Crippen LogP) is -0.224. The first-order chi connectivity index (χ1) is 14.4. The summed E-state index contributed by atoms with van der Waals surface area (Å²) in [5.41, 5.74) is 8.36. The summed E-state index contributed by atoms with van der Waals surface area (Å²) in [5.74, 6) is 0.107. The highest BCUT2D eigenvalue weighted by Gasteiger charge is 2.44. The van der Waals surface area contributed by atoms with Gasteiger partial charge in [-0.25, -0.2) is 15.0 Å². The van der Waals surface area contributed by atoms with Gasteiger partial charge in [0.25, 0.3) is 0 Å². The van der Waals surface area contributed by atoms with Gasteiger partial charge in [0.2, 0.25) is 5.91 Å². The second kappa shape index (κ2) is 8.32. The van der Waals surface area contributed by atoms with Gasteiger partial charge in [0.1, 0.15) is 30.2 Å². The summed E-state index contributed by atoms with van der Waals surface area (Å²) in [5, 5.41) is 26.8. The minimum atomic E-state index is -1.15. The van der Waals surface area contributed by atoms with Crippen molar-refractivity contribution in [3.05, 3.63) is 42.5 Å². The maximum Gasteiger partial charge on any atom is 0.221 e. The number of carbonyl (C=O) groups is 1. The SMILES string of the molecule is CC(=O)Nc1ccc(CNC[C@H]2O[C@@H](n3cnc4c(N)ncnc43)[C@H](O)[C@@H]2O)cc1. The zero-order chi connectivity index (χ0) is 21.3. The number of nitrogen functional groups attached to an aromatic ring is 1. The molecule has 1 aliphatic rings. The Morgan fingerprint density at radius 1 is 1.20 bits per heavy atom. The molecule has 1 fully saturated rings. The van der Waals surface area contributed by atoms with E-state index in [1.54, 1.807) is 4.57 Å². The first-order valence-electron chi connectivity index (χ1n) is 9.46. The van der Waals surface area contributed by atoms with E-state index in [2.05, 4.69) is 25.6 Å². The molecule has 0 spiro atoms. The van der Waals surface area contributed by atoms with Crippen molar-refractivity contribution in [2.24, 2.45) is 0 Å². The molecule has 1 saturated heterocycles. The monoisotopic (exact) mass is 413 g/mol. The van der Waals surface area contributed by atoms with Crippen molar-refractivity contribution in [1.82, 2.24) is 24.8 Å². The van der Waals surface area contributed by atoms with Crippen molar-refractivity contribution < 1.29 is 19.7 Å². The lowest BCUT2D eigenvalue weighted by atomic mass is 10.1. The van der Waals surface area contributed by atoms with Crippen LogP contribution >= 0.6 is 0 Å². The second-order valence-electron chi connectivity index (χ2n) is 7.14. The first-order valence-corrected chi connectivity index (χ1v) is 9.46. The number of aliphatic hydroxyl groups is 2. The van der Waals surface area contributed by atoms with Gasteiger partial charge in [0, 0.05) is 25.7 Å². The number of amides is 1. The highest BCUT2D eigenvalue weighted by Crippen LogP contribution is 2.31. The molecular formula is C19H23N7O4. The summed E-state index contributed by atoms with van der Waals surface area (Å²) >= 11 is 0. The molecule has 4 atom stereocenters. The molecule has 158 valence electrons. The van der Waals surface area contributed by atoms with Crippen LogP contribution < -0.4 is 16.4 Å². The number of anilines is 2. The van der Waals surface area contributed by atoms with Crippen LogP contribution in [0.1, 0.15) is 18.7 Å². The van der Waals surface area contributed by atoms with Crippen molar-refractivity contribution in [1.29, 1.82) is 0 Å². The normalized spacial score (nSPS) is 23.7. The van der Waals surface area contributed by atoms with E-state index in [1.165, 1.54) is 19.6 Å². The summed E-state index contributed by atoms with van der Waals surface area (Å²) in [6.45, 7) is 2.32. The van der Waals surface area contributed by atoms with E-state index >= 15 is 0 Å². The third-order valence-electron chi connectivity index (χ3n) is 4.95. The lowest BCUT2D eigenvalue weighted by molar-refractivity contribution is -0.114. The fourth-order valence-corrected chi connectivity index (χ4v) is 3.45. The van der Waals surface area contributed by atoms with Crippen molar-refractivity contribution in [2.75, 3.05) is 17.6 Å². The van der Waals surface area contributed by atoms with Crippen molar-refractivity contribution in [3.8, 4) is 0 Å². The Hall–Kier alpha value is -3.12. The Balaban J connectivity index is 1.37. The fourth-order valence-electron chi connectivity index (χ4n) is 3.45. The second-order valence-corrected chi connectivity index (χ2v) is 7.14. The highest BCUT2D eigenvalue weighted by atomic mass is 16.6. The van der Waals surface area contributed by atoms with Gasteiger partial charge in [-0.15, -0.1) is 0 Å². The Morgan fingerprint density at radius 3 is 2.70 bits per heavy atom. The van der Waals surface area contributed by atoms with E-state index in [1.807, 2.05) is 24.3 Å². The third-order valence-corrected chi connectivity index (χ3v) is 4.95. The molecule has 1 amide bonds. The van der Waals surface area contributed by atoms with Crippen LogP contribution in [0, 0.1) is 0 Å². The molecule has 0 bridgehead atoms. The van der Waals surface area contributed by atoms with Gasteiger partial charge in [0.05, 0.1) is 6.33 Å². The lowest BCUT2D eigenvalue weighted by Gasteiger charge is -2.16. The van der Waals surface area contributed by atoms with Crippen molar-refractivity contribution >= 4 is 28.6 Å². The van der Waals surface area contributed by atoms with Crippen LogP contribution in [-0.4, -0.2) is 60.5 Å². The molecule has 0 aliphatic carbocycles. The summed E-state index contributed by atoms with van der Waals surface area (Å²) < 4.78 is 7.43.